The molecule has 0 aliphatic carbocycles. The van der Waals surface area contributed by atoms with Gasteiger partial charge < -0.3 is 5.32 Å². The molecular formula is C25H28N2O3S2. The van der Waals surface area contributed by atoms with E-state index in [1.165, 1.54) is 4.31 Å². The lowest BCUT2D eigenvalue weighted by atomic mass is 10.1. The Hall–Kier alpha value is -2.77. The van der Waals surface area contributed by atoms with Crippen LogP contribution in [0.2, 0.25) is 0 Å². The van der Waals surface area contributed by atoms with Crippen molar-refractivity contribution in [2.24, 2.45) is 0 Å². The number of anilines is 1. The highest BCUT2D eigenvalue weighted by Gasteiger charge is 2.28. The Balaban J connectivity index is 1.77. The predicted molar refractivity (Wildman–Crippen MR) is 132 cm³/mol. The number of thioether (sulfide) groups is 1. The Labute approximate surface area is 194 Å². The summed E-state index contributed by atoms with van der Waals surface area (Å²) in [5.41, 5.74) is 3.20. The van der Waals surface area contributed by atoms with Gasteiger partial charge in [0.2, 0.25) is 5.91 Å². The maximum Gasteiger partial charge on any atom is 0.264 e. The first kappa shape index (κ1) is 23.9. The van der Waals surface area contributed by atoms with Gasteiger partial charge in [0.05, 0.1) is 10.6 Å². The summed E-state index contributed by atoms with van der Waals surface area (Å²) < 4.78 is 28.2. The van der Waals surface area contributed by atoms with Gasteiger partial charge in [0.15, 0.2) is 0 Å². The first-order valence-corrected chi connectivity index (χ1v) is 12.8. The van der Waals surface area contributed by atoms with Crippen LogP contribution in [0.15, 0.2) is 82.6 Å². The summed E-state index contributed by atoms with van der Waals surface area (Å²) in [4.78, 5) is 14.0. The lowest BCUT2D eigenvalue weighted by Crippen LogP contribution is -2.41. The van der Waals surface area contributed by atoms with E-state index in [-0.39, 0.29) is 17.3 Å². The van der Waals surface area contributed by atoms with Crippen molar-refractivity contribution in [3.63, 3.8) is 0 Å². The van der Waals surface area contributed by atoms with Crippen LogP contribution < -0.4 is 9.62 Å². The smallest absolute Gasteiger partial charge is 0.264 e. The monoisotopic (exact) mass is 468 g/mol. The summed E-state index contributed by atoms with van der Waals surface area (Å²) in [5, 5.41) is 2.85. The van der Waals surface area contributed by atoms with Gasteiger partial charge >= 0.3 is 0 Å². The minimum atomic E-state index is -3.91. The fraction of sp³-hybridized carbons (Fsp3) is 0.240. The fourth-order valence-corrected chi connectivity index (χ4v) is 5.45. The van der Waals surface area contributed by atoms with E-state index in [1.54, 1.807) is 42.1 Å². The van der Waals surface area contributed by atoms with Crippen LogP contribution in [0.4, 0.5) is 5.69 Å². The molecule has 5 nitrogen and oxygen atoms in total. The molecule has 32 heavy (non-hydrogen) atoms. The molecule has 0 unspecified atom stereocenters. The van der Waals surface area contributed by atoms with E-state index in [9.17, 15) is 13.2 Å². The van der Waals surface area contributed by atoms with E-state index < -0.39 is 10.0 Å². The third-order valence-corrected chi connectivity index (χ3v) is 7.75. The van der Waals surface area contributed by atoms with Crippen molar-refractivity contribution in [3.8, 4) is 0 Å². The first-order chi connectivity index (χ1) is 15.3. The summed E-state index contributed by atoms with van der Waals surface area (Å²) in [7, 11) is -3.91. The topological polar surface area (TPSA) is 66.5 Å². The molecule has 0 atom stereocenters. The van der Waals surface area contributed by atoms with Gasteiger partial charge in [-0.1, -0.05) is 48.0 Å². The van der Waals surface area contributed by atoms with Crippen molar-refractivity contribution < 1.29 is 13.2 Å². The number of rotatable bonds is 9. The van der Waals surface area contributed by atoms with Gasteiger partial charge in [0.1, 0.15) is 6.54 Å². The van der Waals surface area contributed by atoms with E-state index in [0.717, 1.165) is 21.6 Å². The van der Waals surface area contributed by atoms with E-state index >= 15 is 0 Å². The van der Waals surface area contributed by atoms with Crippen molar-refractivity contribution in [3.05, 3.63) is 89.5 Å². The molecule has 0 bridgehead atoms. The highest BCUT2D eigenvalue weighted by atomic mass is 32.2. The van der Waals surface area contributed by atoms with Crippen LogP contribution in [0, 0.1) is 20.8 Å². The Morgan fingerprint density at radius 2 is 1.56 bits per heavy atom. The first-order valence-electron chi connectivity index (χ1n) is 10.4. The van der Waals surface area contributed by atoms with Crippen LogP contribution in [-0.4, -0.2) is 33.2 Å². The molecule has 3 aromatic rings. The minimum absolute atomic E-state index is 0.163. The molecule has 0 aromatic heterocycles. The summed E-state index contributed by atoms with van der Waals surface area (Å²) in [6, 6.07) is 22.2. The van der Waals surface area contributed by atoms with Gasteiger partial charge in [-0.05, 0) is 62.2 Å². The molecule has 0 aliphatic rings. The largest absolute Gasteiger partial charge is 0.354 e. The second-order valence-corrected chi connectivity index (χ2v) is 10.7. The molecule has 0 saturated heterocycles. The van der Waals surface area contributed by atoms with Crippen molar-refractivity contribution in [2.45, 2.75) is 30.6 Å². The zero-order valence-electron chi connectivity index (χ0n) is 18.5. The van der Waals surface area contributed by atoms with Crippen molar-refractivity contribution >= 4 is 33.4 Å². The van der Waals surface area contributed by atoms with Crippen molar-refractivity contribution in [1.82, 2.24) is 5.32 Å². The molecule has 0 fully saturated rings. The number of carbonyl (C=O) groups is 1. The van der Waals surface area contributed by atoms with E-state index in [4.69, 9.17) is 0 Å². The molecule has 0 radical (unpaired) electrons. The normalized spacial score (nSPS) is 11.2. The summed E-state index contributed by atoms with van der Waals surface area (Å²) in [6.07, 6.45) is 0. The SMILES string of the molecule is Cc1ccc(S(=O)(=O)N(CC(=O)NCCSc2ccccc2)c2cc(C)ccc2C)cc1. The molecule has 1 N–H and O–H groups in total. The molecule has 0 saturated carbocycles. The summed E-state index contributed by atoms with van der Waals surface area (Å²) in [5.74, 6) is 0.361. The lowest BCUT2D eigenvalue weighted by Gasteiger charge is -2.26. The van der Waals surface area contributed by atoms with Gasteiger partial charge in [-0.15, -0.1) is 11.8 Å². The molecular weight excluding hydrogens is 440 g/mol. The predicted octanol–water partition coefficient (Wildman–Crippen LogP) is 4.72. The number of nitrogens with one attached hydrogen (secondary N) is 1. The van der Waals surface area contributed by atoms with Gasteiger partial charge in [-0.25, -0.2) is 8.42 Å². The quantitative estimate of drug-likeness (QED) is 0.365. The Morgan fingerprint density at radius 3 is 2.25 bits per heavy atom. The molecule has 0 heterocycles. The van der Waals surface area contributed by atoms with E-state index in [0.29, 0.717) is 18.0 Å². The standard InChI is InChI=1S/C25H28N2O3S2/c1-19-10-13-23(14-11-19)32(29,30)27(24-17-20(2)9-12-21(24)3)18-25(28)26-15-16-31-22-7-5-4-6-8-22/h4-14,17H,15-16,18H2,1-3H3,(H,26,28). The maximum absolute atomic E-state index is 13.5. The van der Waals surface area contributed by atoms with Gasteiger partial charge in [0.25, 0.3) is 10.0 Å². The molecule has 7 heteroatoms. The number of sulfonamides is 1. The second-order valence-electron chi connectivity index (χ2n) is 7.63. The number of hydrogen-bond acceptors (Lipinski definition) is 4. The van der Waals surface area contributed by atoms with Crippen LogP contribution in [0.25, 0.3) is 0 Å². The molecule has 1 amide bonds. The van der Waals surface area contributed by atoms with Gasteiger partial charge in [0, 0.05) is 17.2 Å². The average Bonchev–Trinajstić information content (AvgIpc) is 2.78. The van der Waals surface area contributed by atoms with E-state index in [1.807, 2.05) is 63.2 Å². The van der Waals surface area contributed by atoms with E-state index in [2.05, 4.69) is 5.32 Å². The molecule has 0 aliphatic heterocycles. The highest BCUT2D eigenvalue weighted by molar-refractivity contribution is 7.99. The highest BCUT2D eigenvalue weighted by Crippen LogP contribution is 2.28. The molecule has 3 rings (SSSR count). The van der Waals surface area contributed by atoms with Gasteiger partial charge in [-0.3, -0.25) is 9.10 Å². The zero-order chi connectivity index (χ0) is 23.1. The van der Waals surface area contributed by atoms with Crippen LogP contribution in [0.5, 0.6) is 0 Å². The maximum atomic E-state index is 13.5. The average molecular weight is 469 g/mol. The minimum Gasteiger partial charge on any atom is -0.354 e. The van der Waals surface area contributed by atoms with Gasteiger partial charge in [-0.2, -0.15) is 0 Å². The third-order valence-electron chi connectivity index (χ3n) is 4.97. The van der Waals surface area contributed by atoms with Crippen LogP contribution in [0.1, 0.15) is 16.7 Å². The Morgan fingerprint density at radius 1 is 0.906 bits per heavy atom. The zero-order valence-corrected chi connectivity index (χ0v) is 20.2. The molecule has 3 aromatic carbocycles. The number of hydrogen-bond donors (Lipinski definition) is 1. The number of aryl methyl sites for hydroxylation is 3. The third kappa shape index (κ3) is 6.14. The van der Waals surface area contributed by atoms with Crippen LogP contribution in [0.3, 0.4) is 0 Å². The van der Waals surface area contributed by atoms with Crippen LogP contribution >= 0.6 is 11.8 Å². The van der Waals surface area contributed by atoms with Crippen molar-refractivity contribution in [1.29, 1.82) is 0 Å². The Kier molecular flexibility index (Phi) is 7.99. The Bertz CT molecular complexity index is 1160. The second kappa shape index (κ2) is 10.7. The number of amides is 1. The number of benzene rings is 3. The number of carbonyl (C=O) groups excluding carboxylic acids is 1. The number of nitrogens with zero attached hydrogens (tertiary/aromatic N) is 1. The van der Waals surface area contributed by atoms with Crippen LogP contribution in [-0.2, 0) is 14.8 Å². The summed E-state index contributed by atoms with van der Waals surface area (Å²) in [6.45, 7) is 5.82. The molecule has 0 spiro atoms. The van der Waals surface area contributed by atoms with Crippen molar-refractivity contribution in [2.75, 3.05) is 23.1 Å². The lowest BCUT2D eigenvalue weighted by molar-refractivity contribution is -0.119. The summed E-state index contributed by atoms with van der Waals surface area (Å²) >= 11 is 1.64. The fourth-order valence-electron chi connectivity index (χ4n) is 3.19. The molecule has 168 valence electrons.